The molecule has 4 aromatic carbocycles. The molecule has 1 aromatic heterocycles. The standard InChI is InChI=1S/C24H27FN4O2S.C15H23N4OPS2.C10H10BrFO/c1-2-16-15-17(5-10-20(16)25)21(30)22-23(26)28-24(32-22)27-18-6-8-19(9-7-18)31-14-13-29-11-3-4-12-29;16-14(23-11-21)18-15(22)17-12-3-5-13(6-4-12)20-10-9-19-7-1-2-8-19;1-2-7-5-8(10(13)6-11)3-4-9(7)12/h5-10,15H,2-4,11-14,26H2,1H3,(H,27,28);3-6H,1-2,7-11,21H2,(H3,16,17,18,22);3-5H,2,6H2,1H3. The number of thiocarbonyl (C=S) groups is 1. The van der Waals surface area contributed by atoms with Crippen LogP contribution in [0.15, 0.2) is 89.9 Å². The fourth-order valence-corrected chi connectivity index (χ4v) is 9.43. The van der Waals surface area contributed by atoms with Crippen LogP contribution in [0.4, 0.5) is 31.1 Å². The zero-order chi connectivity index (χ0) is 48.8. The molecule has 2 aliphatic rings. The number of aliphatic imine (C=N–C) groups is 1. The van der Waals surface area contributed by atoms with Gasteiger partial charge in [-0.05, 0) is 173 Å². The molecule has 12 nitrogen and oxygen atoms in total. The van der Waals surface area contributed by atoms with Crippen LogP contribution >= 0.6 is 60.5 Å². The number of nitrogens with two attached hydrogens (primary N) is 2. The van der Waals surface area contributed by atoms with E-state index in [2.05, 4.69) is 55.6 Å². The van der Waals surface area contributed by atoms with Crippen LogP contribution < -0.4 is 31.6 Å². The van der Waals surface area contributed by atoms with Gasteiger partial charge in [0, 0.05) is 41.1 Å². The van der Waals surface area contributed by atoms with Gasteiger partial charge in [-0.25, -0.2) is 13.8 Å². The number of ether oxygens (including phenoxy) is 2. The molecule has 1 atom stereocenters. The summed E-state index contributed by atoms with van der Waals surface area (Å²) in [7, 11) is 2.58. The minimum absolute atomic E-state index is 0.0188. The Kier molecular flexibility index (Phi) is 23.1. The highest BCUT2D eigenvalue weighted by Gasteiger charge is 2.20. The molecule has 0 spiro atoms. The Bertz CT molecular complexity index is 2440. The van der Waals surface area contributed by atoms with Gasteiger partial charge in [-0.15, -0.1) is 9.24 Å². The van der Waals surface area contributed by atoms with Gasteiger partial charge in [-0.3, -0.25) is 19.4 Å². The van der Waals surface area contributed by atoms with Gasteiger partial charge in [0.25, 0.3) is 0 Å². The molecule has 19 heteroatoms. The predicted molar refractivity (Wildman–Crippen MR) is 288 cm³/mol. The number of hydrogen-bond acceptors (Lipinski definition) is 12. The van der Waals surface area contributed by atoms with E-state index in [0.29, 0.717) is 62.0 Å². The van der Waals surface area contributed by atoms with Crippen molar-refractivity contribution in [2.75, 3.05) is 79.7 Å². The number of aryl methyl sites for hydroxylation is 2. The lowest BCUT2D eigenvalue weighted by atomic mass is 10.0. The highest BCUT2D eigenvalue weighted by Crippen LogP contribution is 2.31. The number of rotatable bonds is 18. The monoisotopic (exact) mass is 1070 g/mol. The van der Waals surface area contributed by atoms with Crippen molar-refractivity contribution in [1.82, 2.24) is 14.8 Å². The number of halogens is 3. The van der Waals surface area contributed by atoms with E-state index in [1.165, 1.54) is 86.1 Å². The zero-order valence-corrected chi connectivity index (χ0v) is 43.6. The summed E-state index contributed by atoms with van der Waals surface area (Å²) in [6.45, 7) is 11.8. The third-order valence-corrected chi connectivity index (χ3v) is 13.6. The number of nitrogens with zero attached hydrogens (tertiary/aromatic N) is 4. The Morgan fingerprint density at radius 2 is 1.32 bits per heavy atom. The molecule has 2 fully saturated rings. The maximum Gasteiger partial charge on any atom is 0.206 e. The number of carbonyl (C=O) groups excluding carboxylic acids is 2. The van der Waals surface area contributed by atoms with Crippen molar-refractivity contribution in [2.24, 2.45) is 10.7 Å². The van der Waals surface area contributed by atoms with Crippen molar-refractivity contribution < 1.29 is 27.8 Å². The first-order valence-corrected chi connectivity index (χ1v) is 26.7. The van der Waals surface area contributed by atoms with Crippen LogP contribution in [0.3, 0.4) is 0 Å². The largest absolute Gasteiger partial charge is 0.492 e. The van der Waals surface area contributed by atoms with Gasteiger partial charge in [-0.2, -0.15) is 4.99 Å². The summed E-state index contributed by atoms with van der Waals surface area (Å²) in [5, 5.41) is 7.84. The number of alkyl halides is 1. The van der Waals surface area contributed by atoms with Gasteiger partial charge in [0.1, 0.15) is 47.0 Å². The second-order valence-electron chi connectivity index (χ2n) is 15.6. The summed E-state index contributed by atoms with van der Waals surface area (Å²) in [4.78, 5) is 37.7. The number of ketones is 2. The van der Waals surface area contributed by atoms with E-state index in [4.69, 9.17) is 33.2 Å². The molecule has 6 N–H and O–H groups in total. The molecular formula is C49H60BrF2N8O4PS3. The zero-order valence-electron chi connectivity index (χ0n) is 38.4. The molecule has 0 saturated carbocycles. The van der Waals surface area contributed by atoms with Crippen LogP contribution in [0.2, 0.25) is 0 Å². The highest BCUT2D eigenvalue weighted by atomic mass is 79.9. The van der Waals surface area contributed by atoms with E-state index < -0.39 is 0 Å². The normalized spacial score (nSPS) is 13.8. The minimum atomic E-state index is -0.313. The SMILES string of the molecule is CCc1cc(C(=O)CBr)ccc1F.CCc1cc(C(=O)c2sc(Nc3ccc(OCCN4CCCC4)cc3)nc2N)ccc1F.NC(=NC(=S)Nc1ccc(OCCN2CCCC2)cc1)SCP. The topological polar surface area (TPSA) is 160 Å². The molecule has 0 bridgehead atoms. The summed E-state index contributed by atoms with van der Waals surface area (Å²) >= 11 is 10.8. The summed E-state index contributed by atoms with van der Waals surface area (Å²) < 4.78 is 38.4. The molecule has 3 heterocycles. The number of Topliss-reactive ketones (excluding diaryl/α,β-unsaturated/α-hetero) is 1. The number of nitrogen functional groups attached to an aromatic ring is 1. The van der Waals surface area contributed by atoms with E-state index in [1.54, 1.807) is 12.1 Å². The van der Waals surface area contributed by atoms with E-state index >= 15 is 0 Å². The van der Waals surface area contributed by atoms with Crippen LogP contribution in [-0.2, 0) is 12.8 Å². The maximum absolute atomic E-state index is 13.8. The lowest BCUT2D eigenvalue weighted by molar-refractivity contribution is 0.102. The first-order valence-electron chi connectivity index (χ1n) is 22.5. The van der Waals surface area contributed by atoms with Crippen LogP contribution in [-0.4, -0.2) is 99.9 Å². The lowest BCUT2D eigenvalue weighted by Crippen LogP contribution is -2.25. The number of nitrogens with one attached hydrogen (secondary N) is 2. The van der Waals surface area contributed by atoms with Crippen LogP contribution in [0, 0.1) is 11.6 Å². The minimum Gasteiger partial charge on any atom is -0.492 e. The van der Waals surface area contributed by atoms with E-state index in [1.807, 2.05) is 62.4 Å². The first kappa shape index (κ1) is 54.4. The molecule has 364 valence electrons. The van der Waals surface area contributed by atoms with Gasteiger partial charge < -0.3 is 31.6 Å². The number of carbonyl (C=O) groups is 2. The Morgan fingerprint density at radius 3 is 1.82 bits per heavy atom. The van der Waals surface area contributed by atoms with E-state index in [0.717, 1.165) is 61.2 Å². The molecule has 5 aromatic rings. The predicted octanol–water partition coefficient (Wildman–Crippen LogP) is 10.6. The number of amidine groups is 1. The number of thiazole rings is 1. The van der Waals surface area contributed by atoms with Crippen molar-refractivity contribution in [2.45, 2.75) is 52.4 Å². The van der Waals surface area contributed by atoms with Crippen molar-refractivity contribution in [1.29, 1.82) is 0 Å². The Balaban J connectivity index is 0.000000209. The van der Waals surface area contributed by atoms with Crippen molar-refractivity contribution in [3.8, 4) is 11.5 Å². The van der Waals surface area contributed by atoms with Crippen LogP contribution in [0.5, 0.6) is 11.5 Å². The summed E-state index contributed by atoms with van der Waals surface area (Å²) in [6, 6.07) is 24.1. The second kappa shape index (κ2) is 28.8. The van der Waals surface area contributed by atoms with Crippen molar-refractivity contribution in [3.63, 3.8) is 0 Å². The van der Waals surface area contributed by atoms with E-state index in [-0.39, 0.29) is 34.3 Å². The third kappa shape index (κ3) is 17.8. The van der Waals surface area contributed by atoms with Crippen molar-refractivity contribution >= 4 is 105 Å². The fourth-order valence-electron chi connectivity index (χ4n) is 7.12. The molecule has 2 aliphatic heterocycles. The highest BCUT2D eigenvalue weighted by molar-refractivity contribution is 9.09. The number of anilines is 4. The van der Waals surface area contributed by atoms with Gasteiger partial charge in [-0.1, -0.05) is 52.9 Å². The number of benzene rings is 4. The summed E-state index contributed by atoms with van der Waals surface area (Å²) in [6.07, 6.45) is 6.29. The van der Waals surface area contributed by atoms with Crippen molar-refractivity contribution in [3.05, 3.63) is 124 Å². The molecule has 1 unspecified atom stereocenters. The van der Waals surface area contributed by atoms with Gasteiger partial charge in [0.05, 0.1) is 5.33 Å². The average Bonchev–Trinajstić information content (AvgIpc) is 4.14. The molecule has 0 radical (unpaired) electrons. The second-order valence-corrected chi connectivity index (χ2v) is 19.6. The lowest BCUT2D eigenvalue weighted by Gasteiger charge is -2.15. The molecule has 0 aliphatic carbocycles. The summed E-state index contributed by atoms with van der Waals surface area (Å²) in [5.41, 5.74) is 16.3. The van der Waals surface area contributed by atoms with Gasteiger partial charge in [0.2, 0.25) is 5.78 Å². The first-order chi connectivity index (χ1) is 32.9. The Morgan fingerprint density at radius 1 is 0.824 bits per heavy atom. The Labute approximate surface area is 422 Å². The maximum atomic E-state index is 13.8. The van der Waals surface area contributed by atoms with Crippen LogP contribution in [0.25, 0.3) is 0 Å². The number of hydrogen-bond donors (Lipinski definition) is 4. The number of likely N-dealkylation sites (tertiary alicyclic amines) is 2. The number of aromatic nitrogens is 1. The smallest absolute Gasteiger partial charge is 0.206 e. The average molecular weight is 1070 g/mol. The number of thioether (sulfide) groups is 1. The molecule has 0 amide bonds. The molecule has 7 rings (SSSR count). The quantitative estimate of drug-likeness (QED) is 0.0164. The van der Waals surface area contributed by atoms with E-state index in [9.17, 15) is 18.4 Å². The molecule has 2 saturated heterocycles. The third-order valence-electron chi connectivity index (χ3n) is 10.8. The van der Waals surface area contributed by atoms with Gasteiger partial charge >= 0.3 is 0 Å². The van der Waals surface area contributed by atoms with Gasteiger partial charge in [0.15, 0.2) is 21.2 Å². The molecular weight excluding hydrogens is 1010 g/mol. The van der Waals surface area contributed by atoms with Crippen LogP contribution in [0.1, 0.15) is 76.3 Å². The summed E-state index contributed by atoms with van der Waals surface area (Å²) in [5.74, 6) is 1.00. The Hall–Kier alpha value is -4.55. The molecule has 68 heavy (non-hydrogen) atoms. The fraction of sp³-hybridized carbons (Fsp3) is 0.367.